The number of esters is 1. The van der Waals surface area contributed by atoms with E-state index in [1.807, 2.05) is 0 Å². The van der Waals surface area contributed by atoms with E-state index in [1.165, 1.54) is 20.5 Å². The number of carbonyl (C=O) groups excluding carboxylic acids is 1. The van der Waals surface area contributed by atoms with Crippen molar-refractivity contribution in [1.29, 1.82) is 0 Å². The molecule has 0 amide bonds. The molecule has 0 heterocycles. The van der Waals surface area contributed by atoms with Gasteiger partial charge in [0.1, 0.15) is 0 Å². The summed E-state index contributed by atoms with van der Waals surface area (Å²) in [4.78, 5) is 11.2. The first-order chi connectivity index (χ1) is 6.99. The summed E-state index contributed by atoms with van der Waals surface area (Å²) in [5.74, 6) is -0.402. The molecule has 0 fully saturated rings. The first kappa shape index (κ1) is 14.1. The maximum absolute atomic E-state index is 11.2. The van der Waals surface area contributed by atoms with Gasteiger partial charge < -0.3 is 18.0 Å². The molecular weight excluding hydrogens is 216 g/mol. The van der Waals surface area contributed by atoms with Crippen molar-refractivity contribution < 1.29 is 22.8 Å². The van der Waals surface area contributed by atoms with Crippen LogP contribution in [0.2, 0.25) is 6.55 Å². The highest BCUT2D eigenvalue weighted by atomic mass is 28.4. The summed E-state index contributed by atoms with van der Waals surface area (Å²) in [7, 11) is 0.393. The van der Waals surface area contributed by atoms with Crippen LogP contribution in [0.25, 0.3) is 0 Å². The lowest BCUT2D eigenvalue weighted by atomic mass is 10.3. The zero-order valence-corrected chi connectivity index (χ0v) is 10.8. The predicted molar refractivity (Wildman–Crippen MR) is 57.1 cm³/mol. The third-order valence-electron chi connectivity index (χ3n) is 1.79. The SMILES string of the molecule is CCOC(=O)/C(C)=C/O[Si](C)(OC)OC. The van der Waals surface area contributed by atoms with Gasteiger partial charge in [-0.15, -0.1) is 0 Å². The molecule has 0 aliphatic rings. The van der Waals surface area contributed by atoms with E-state index in [1.54, 1.807) is 20.4 Å². The van der Waals surface area contributed by atoms with Gasteiger partial charge in [-0.3, -0.25) is 0 Å². The second kappa shape index (κ2) is 6.60. The molecule has 0 rings (SSSR count). The molecule has 6 heteroatoms. The fourth-order valence-corrected chi connectivity index (χ4v) is 1.42. The van der Waals surface area contributed by atoms with E-state index in [9.17, 15) is 4.79 Å². The Balaban J connectivity index is 4.31. The van der Waals surface area contributed by atoms with Gasteiger partial charge >= 0.3 is 14.8 Å². The smallest absolute Gasteiger partial charge is 0.507 e. The van der Waals surface area contributed by atoms with E-state index in [0.717, 1.165) is 0 Å². The number of hydrogen-bond acceptors (Lipinski definition) is 5. The van der Waals surface area contributed by atoms with Gasteiger partial charge in [0.15, 0.2) is 0 Å². The van der Waals surface area contributed by atoms with Gasteiger partial charge in [0.25, 0.3) is 0 Å². The Morgan fingerprint density at radius 1 is 1.33 bits per heavy atom. The second-order valence-electron chi connectivity index (χ2n) is 2.91. The normalized spacial score (nSPS) is 12.5. The molecule has 0 aliphatic heterocycles. The summed E-state index contributed by atoms with van der Waals surface area (Å²) in [5, 5.41) is 0. The molecular formula is C9H18O5Si. The molecule has 0 aromatic carbocycles. The number of carbonyl (C=O) groups is 1. The van der Waals surface area contributed by atoms with Crippen LogP contribution in [0.5, 0.6) is 0 Å². The minimum atomic E-state index is -2.61. The molecule has 0 aliphatic carbocycles. The van der Waals surface area contributed by atoms with Crippen LogP contribution in [0.3, 0.4) is 0 Å². The quantitative estimate of drug-likeness (QED) is 0.300. The molecule has 0 aromatic heterocycles. The number of rotatable bonds is 6. The fourth-order valence-electron chi connectivity index (χ4n) is 0.668. The highest BCUT2D eigenvalue weighted by molar-refractivity contribution is 6.59. The molecule has 88 valence electrons. The third kappa shape index (κ3) is 4.96. The Hall–Kier alpha value is -0.853. The van der Waals surface area contributed by atoms with Crippen molar-refractivity contribution in [2.24, 2.45) is 0 Å². The van der Waals surface area contributed by atoms with Crippen molar-refractivity contribution in [1.82, 2.24) is 0 Å². The molecule has 0 atom stereocenters. The lowest BCUT2D eigenvalue weighted by Gasteiger charge is -2.20. The maximum Gasteiger partial charge on any atom is 0.561 e. The summed E-state index contributed by atoms with van der Waals surface area (Å²) >= 11 is 0. The molecule has 5 nitrogen and oxygen atoms in total. The van der Waals surface area contributed by atoms with Gasteiger partial charge in [0.05, 0.1) is 18.4 Å². The Kier molecular flexibility index (Phi) is 6.22. The standard InChI is InChI=1S/C9H18O5Si/c1-6-13-9(10)8(2)7-14-15(5,11-3)12-4/h7H,6H2,1-5H3/b8-7+. The van der Waals surface area contributed by atoms with Crippen LogP contribution in [0.4, 0.5) is 0 Å². The fraction of sp³-hybridized carbons (Fsp3) is 0.667. The average Bonchev–Trinajstić information content (AvgIpc) is 2.25. The predicted octanol–water partition coefficient (Wildman–Crippen LogP) is 1.33. The van der Waals surface area contributed by atoms with Crippen LogP contribution >= 0.6 is 0 Å². The van der Waals surface area contributed by atoms with Crippen molar-refractivity contribution in [2.75, 3.05) is 20.8 Å². The molecule has 0 unspecified atom stereocenters. The minimum absolute atomic E-state index is 0.341. The first-order valence-electron chi connectivity index (χ1n) is 4.61. The molecule has 0 saturated carbocycles. The van der Waals surface area contributed by atoms with Gasteiger partial charge in [-0.05, 0) is 13.8 Å². The summed E-state index contributed by atoms with van der Waals surface area (Å²) in [6.07, 6.45) is 1.32. The molecule has 0 saturated heterocycles. The van der Waals surface area contributed by atoms with Crippen molar-refractivity contribution >= 4 is 14.8 Å². The lowest BCUT2D eigenvalue weighted by molar-refractivity contribution is -0.138. The highest BCUT2D eigenvalue weighted by Gasteiger charge is 2.33. The van der Waals surface area contributed by atoms with E-state index in [0.29, 0.717) is 12.2 Å². The third-order valence-corrected chi connectivity index (χ3v) is 3.82. The number of hydrogen-bond donors (Lipinski definition) is 0. The van der Waals surface area contributed by atoms with Crippen LogP contribution < -0.4 is 0 Å². The maximum atomic E-state index is 11.2. The summed E-state index contributed by atoms with van der Waals surface area (Å²) in [5.41, 5.74) is 0.379. The van der Waals surface area contributed by atoms with E-state index in [4.69, 9.17) is 18.0 Å². The van der Waals surface area contributed by atoms with Crippen LogP contribution in [-0.4, -0.2) is 35.6 Å². The molecule has 0 spiro atoms. The highest BCUT2D eigenvalue weighted by Crippen LogP contribution is 2.08. The zero-order valence-electron chi connectivity index (χ0n) is 9.83. The molecule has 15 heavy (non-hydrogen) atoms. The average molecular weight is 234 g/mol. The van der Waals surface area contributed by atoms with E-state index >= 15 is 0 Å². The first-order valence-corrected chi connectivity index (χ1v) is 6.83. The van der Waals surface area contributed by atoms with Crippen molar-refractivity contribution in [3.63, 3.8) is 0 Å². The topological polar surface area (TPSA) is 54.0 Å². The van der Waals surface area contributed by atoms with E-state index < -0.39 is 14.8 Å². The Bertz CT molecular complexity index is 235. The van der Waals surface area contributed by atoms with Gasteiger partial charge in [-0.1, -0.05) is 0 Å². The van der Waals surface area contributed by atoms with Crippen molar-refractivity contribution in [3.8, 4) is 0 Å². The van der Waals surface area contributed by atoms with Gasteiger partial charge in [-0.25, -0.2) is 4.79 Å². The van der Waals surface area contributed by atoms with Crippen molar-refractivity contribution in [2.45, 2.75) is 20.4 Å². The van der Waals surface area contributed by atoms with Gasteiger partial charge in [-0.2, -0.15) is 0 Å². The lowest BCUT2D eigenvalue weighted by Crippen LogP contribution is -2.38. The zero-order chi connectivity index (χ0) is 11.9. The van der Waals surface area contributed by atoms with Crippen LogP contribution in [0.1, 0.15) is 13.8 Å². The monoisotopic (exact) mass is 234 g/mol. The van der Waals surface area contributed by atoms with Crippen molar-refractivity contribution in [3.05, 3.63) is 11.8 Å². The van der Waals surface area contributed by atoms with Gasteiger partial charge in [0, 0.05) is 20.8 Å². The van der Waals surface area contributed by atoms with Crippen LogP contribution in [-0.2, 0) is 22.8 Å². The molecule has 0 aromatic rings. The Morgan fingerprint density at radius 2 is 1.87 bits per heavy atom. The van der Waals surface area contributed by atoms with E-state index in [-0.39, 0.29) is 0 Å². The molecule has 0 radical (unpaired) electrons. The van der Waals surface area contributed by atoms with Gasteiger partial charge in [0.2, 0.25) is 0 Å². The second-order valence-corrected chi connectivity index (χ2v) is 5.69. The Labute approximate surface area is 91.3 Å². The summed E-state index contributed by atoms with van der Waals surface area (Å²) in [6.45, 7) is 5.42. The van der Waals surface area contributed by atoms with E-state index in [2.05, 4.69) is 0 Å². The largest absolute Gasteiger partial charge is 0.561 e. The summed E-state index contributed by atoms with van der Waals surface area (Å²) < 4.78 is 20.2. The van der Waals surface area contributed by atoms with Crippen LogP contribution in [0, 0.1) is 0 Å². The Morgan fingerprint density at radius 3 is 2.27 bits per heavy atom. The summed E-state index contributed by atoms with van der Waals surface area (Å²) in [6, 6.07) is 0. The van der Waals surface area contributed by atoms with Crippen LogP contribution in [0.15, 0.2) is 11.8 Å². The number of ether oxygens (including phenoxy) is 1. The molecule has 0 N–H and O–H groups in total. The minimum Gasteiger partial charge on any atom is -0.507 e. The molecule has 0 bridgehead atoms.